The molecular formula is C22H27ClN2O4. The first-order valence-electron chi connectivity index (χ1n) is 9.32. The van der Waals surface area contributed by atoms with Gasteiger partial charge in [0, 0.05) is 13.6 Å². The van der Waals surface area contributed by atoms with Gasteiger partial charge in [0.1, 0.15) is 18.3 Å². The van der Waals surface area contributed by atoms with Gasteiger partial charge in [-0.15, -0.1) is 12.4 Å². The molecule has 1 heterocycles. The summed E-state index contributed by atoms with van der Waals surface area (Å²) >= 11 is 0. The molecule has 0 radical (unpaired) electrons. The van der Waals surface area contributed by atoms with Crippen molar-refractivity contribution >= 4 is 24.3 Å². The van der Waals surface area contributed by atoms with Crippen LogP contribution in [-0.2, 0) is 20.9 Å². The smallest absolute Gasteiger partial charge is 0.318 e. The SMILES string of the molecule is COC(=O)[C@H]1C[C@@H](COc2ccc(-c3ccc(CN)cc3C)cc2)N(C)C1=O.Cl. The lowest BCUT2D eigenvalue weighted by atomic mass is 9.98. The zero-order valence-corrected chi connectivity index (χ0v) is 17.7. The standard InChI is InChI=1S/C22H26N2O4.ClH/c1-14-10-15(12-23)4-9-19(14)16-5-7-18(8-6-16)28-13-17-11-20(22(26)27-3)21(25)24(17)2;/h4-10,17,20H,11-13,23H2,1-3H3;1H/t17-,20-;/m0./s1. The van der Waals surface area contributed by atoms with Crippen LogP contribution in [0.4, 0.5) is 0 Å². The van der Waals surface area contributed by atoms with E-state index in [0.29, 0.717) is 19.6 Å². The lowest BCUT2D eigenvalue weighted by molar-refractivity contribution is -0.150. The molecule has 1 saturated heterocycles. The molecule has 3 rings (SSSR count). The van der Waals surface area contributed by atoms with Gasteiger partial charge in [-0.05, 0) is 47.7 Å². The van der Waals surface area contributed by atoms with E-state index < -0.39 is 11.9 Å². The number of aryl methyl sites for hydroxylation is 1. The molecule has 0 unspecified atom stereocenters. The van der Waals surface area contributed by atoms with Crippen molar-refractivity contribution in [2.75, 3.05) is 20.8 Å². The third kappa shape index (κ3) is 4.89. The van der Waals surface area contributed by atoms with Crippen LogP contribution in [0.15, 0.2) is 42.5 Å². The van der Waals surface area contributed by atoms with Crippen LogP contribution in [0.2, 0.25) is 0 Å². The predicted molar refractivity (Wildman–Crippen MR) is 114 cm³/mol. The van der Waals surface area contributed by atoms with Crippen molar-refractivity contribution < 1.29 is 19.1 Å². The van der Waals surface area contributed by atoms with Gasteiger partial charge in [-0.1, -0.05) is 30.3 Å². The topological polar surface area (TPSA) is 81.9 Å². The van der Waals surface area contributed by atoms with E-state index in [0.717, 1.165) is 22.4 Å². The number of halogens is 1. The van der Waals surface area contributed by atoms with Crippen LogP contribution in [0.1, 0.15) is 17.5 Å². The number of hydrogen-bond acceptors (Lipinski definition) is 5. The Kier molecular flexibility index (Phi) is 7.65. The molecule has 0 bridgehead atoms. The molecular weight excluding hydrogens is 392 g/mol. The second kappa shape index (κ2) is 9.76. The number of nitrogens with zero attached hydrogens (tertiary/aromatic N) is 1. The maximum absolute atomic E-state index is 12.2. The molecule has 0 aliphatic carbocycles. The lowest BCUT2D eigenvalue weighted by Crippen LogP contribution is -2.34. The van der Waals surface area contributed by atoms with Crippen LogP contribution in [0.5, 0.6) is 5.75 Å². The molecule has 6 nitrogen and oxygen atoms in total. The van der Waals surface area contributed by atoms with Crippen molar-refractivity contribution in [1.82, 2.24) is 4.90 Å². The number of benzene rings is 2. The second-order valence-electron chi connectivity index (χ2n) is 7.10. The summed E-state index contributed by atoms with van der Waals surface area (Å²) in [7, 11) is 2.99. The van der Waals surface area contributed by atoms with Crippen LogP contribution in [-0.4, -0.2) is 43.6 Å². The highest BCUT2D eigenvalue weighted by Crippen LogP contribution is 2.28. The number of carbonyl (C=O) groups is 2. The number of likely N-dealkylation sites (N-methyl/N-ethyl adjacent to an activating group) is 1. The third-order valence-corrected chi connectivity index (χ3v) is 5.32. The minimum atomic E-state index is -0.731. The van der Waals surface area contributed by atoms with Crippen molar-refractivity contribution in [1.29, 1.82) is 0 Å². The van der Waals surface area contributed by atoms with Crippen molar-refractivity contribution in [2.24, 2.45) is 11.7 Å². The predicted octanol–water partition coefficient (Wildman–Crippen LogP) is 2.94. The highest BCUT2D eigenvalue weighted by Gasteiger charge is 2.42. The Morgan fingerprint density at radius 1 is 1.21 bits per heavy atom. The fourth-order valence-electron chi connectivity index (χ4n) is 3.58. The summed E-state index contributed by atoms with van der Waals surface area (Å²) in [5.41, 5.74) is 10.2. The van der Waals surface area contributed by atoms with Crippen molar-refractivity contribution in [3.8, 4) is 16.9 Å². The Morgan fingerprint density at radius 2 is 1.90 bits per heavy atom. The zero-order valence-electron chi connectivity index (χ0n) is 16.9. The van der Waals surface area contributed by atoms with Crippen molar-refractivity contribution in [3.05, 3.63) is 53.6 Å². The molecule has 2 atom stereocenters. The van der Waals surface area contributed by atoms with Crippen LogP contribution >= 0.6 is 12.4 Å². The monoisotopic (exact) mass is 418 g/mol. The first-order chi connectivity index (χ1) is 13.4. The number of likely N-dealkylation sites (tertiary alicyclic amines) is 1. The minimum absolute atomic E-state index is 0. The van der Waals surface area contributed by atoms with E-state index in [9.17, 15) is 9.59 Å². The number of carbonyl (C=O) groups excluding carboxylic acids is 2. The van der Waals surface area contributed by atoms with Crippen molar-refractivity contribution in [2.45, 2.75) is 25.9 Å². The van der Waals surface area contributed by atoms with Crippen molar-refractivity contribution in [3.63, 3.8) is 0 Å². The molecule has 1 aliphatic rings. The summed E-state index contributed by atoms with van der Waals surface area (Å²) in [5.74, 6) is -0.709. The first-order valence-corrected chi connectivity index (χ1v) is 9.32. The van der Waals surface area contributed by atoms with Gasteiger partial charge in [-0.3, -0.25) is 9.59 Å². The molecule has 0 aromatic heterocycles. The summed E-state index contributed by atoms with van der Waals surface area (Å²) in [6.45, 7) is 2.94. The molecule has 0 spiro atoms. The Morgan fingerprint density at radius 3 is 2.48 bits per heavy atom. The molecule has 2 aromatic rings. The summed E-state index contributed by atoms with van der Waals surface area (Å²) < 4.78 is 10.6. The Labute approximate surface area is 177 Å². The molecule has 1 amide bonds. The fourth-order valence-corrected chi connectivity index (χ4v) is 3.58. The van der Waals surface area contributed by atoms with Crippen LogP contribution in [0, 0.1) is 12.8 Å². The average molecular weight is 419 g/mol. The molecule has 29 heavy (non-hydrogen) atoms. The molecule has 0 saturated carbocycles. The second-order valence-corrected chi connectivity index (χ2v) is 7.10. The van der Waals surface area contributed by atoms with Crippen LogP contribution in [0.25, 0.3) is 11.1 Å². The number of nitrogens with two attached hydrogens (primary N) is 1. The summed E-state index contributed by atoms with van der Waals surface area (Å²) in [6.07, 6.45) is 0.410. The molecule has 2 N–H and O–H groups in total. The molecule has 1 fully saturated rings. The minimum Gasteiger partial charge on any atom is -0.491 e. The summed E-state index contributed by atoms with van der Waals surface area (Å²) in [4.78, 5) is 25.4. The number of amides is 1. The van der Waals surface area contributed by atoms with Gasteiger partial charge < -0.3 is 20.1 Å². The van der Waals surface area contributed by atoms with Gasteiger partial charge in [0.05, 0.1) is 13.2 Å². The van der Waals surface area contributed by atoms with Gasteiger partial charge in [0.15, 0.2) is 0 Å². The van der Waals surface area contributed by atoms with E-state index in [1.807, 2.05) is 30.3 Å². The number of esters is 1. The van der Waals surface area contributed by atoms with E-state index >= 15 is 0 Å². The van der Waals surface area contributed by atoms with E-state index in [1.54, 1.807) is 11.9 Å². The Balaban J connectivity index is 0.00000300. The Bertz CT molecular complexity index is 870. The summed E-state index contributed by atoms with van der Waals surface area (Å²) in [5, 5.41) is 0. The number of hydrogen-bond donors (Lipinski definition) is 1. The van der Waals surface area contributed by atoms with Gasteiger partial charge >= 0.3 is 5.97 Å². The zero-order chi connectivity index (χ0) is 20.3. The van der Waals surface area contributed by atoms with Crippen LogP contribution < -0.4 is 10.5 Å². The molecule has 2 aromatic carbocycles. The normalized spacial score (nSPS) is 18.3. The van der Waals surface area contributed by atoms with Crippen LogP contribution in [0.3, 0.4) is 0 Å². The number of methoxy groups -OCH3 is 1. The van der Waals surface area contributed by atoms with E-state index in [2.05, 4.69) is 19.1 Å². The quantitative estimate of drug-likeness (QED) is 0.576. The maximum Gasteiger partial charge on any atom is 0.318 e. The van der Waals surface area contributed by atoms with Gasteiger partial charge in [0.2, 0.25) is 5.91 Å². The average Bonchev–Trinajstić information content (AvgIpc) is 3.00. The van der Waals surface area contributed by atoms with Gasteiger partial charge in [-0.2, -0.15) is 0 Å². The van der Waals surface area contributed by atoms with E-state index in [-0.39, 0.29) is 24.4 Å². The molecule has 7 heteroatoms. The molecule has 156 valence electrons. The maximum atomic E-state index is 12.2. The lowest BCUT2D eigenvalue weighted by Gasteiger charge is -2.20. The highest BCUT2D eigenvalue weighted by molar-refractivity contribution is 5.99. The largest absolute Gasteiger partial charge is 0.491 e. The van der Waals surface area contributed by atoms with Gasteiger partial charge in [-0.25, -0.2) is 0 Å². The first kappa shape index (κ1) is 22.7. The third-order valence-electron chi connectivity index (χ3n) is 5.32. The van der Waals surface area contributed by atoms with E-state index in [1.165, 1.54) is 12.7 Å². The highest BCUT2D eigenvalue weighted by atomic mass is 35.5. The van der Waals surface area contributed by atoms with E-state index in [4.69, 9.17) is 15.2 Å². The Hall–Kier alpha value is -2.57. The molecule has 1 aliphatic heterocycles. The number of rotatable bonds is 6. The van der Waals surface area contributed by atoms with Gasteiger partial charge in [0.25, 0.3) is 0 Å². The summed E-state index contributed by atoms with van der Waals surface area (Å²) in [6, 6.07) is 13.9. The number of ether oxygens (including phenoxy) is 2. The fraction of sp³-hybridized carbons (Fsp3) is 0.364.